The molecule has 0 bridgehead atoms. The SMILES string of the molecule is Cc1nc(CN2CCC3(CCNCC3)C2=O)cs1. The Morgan fingerprint density at radius 1 is 1.44 bits per heavy atom. The van der Waals surface area contributed by atoms with Crippen molar-refractivity contribution in [1.82, 2.24) is 15.2 Å². The van der Waals surface area contributed by atoms with Gasteiger partial charge in [-0.05, 0) is 39.3 Å². The number of hydrogen-bond donors (Lipinski definition) is 1. The lowest BCUT2D eigenvalue weighted by Crippen LogP contribution is -2.42. The summed E-state index contributed by atoms with van der Waals surface area (Å²) in [4.78, 5) is 19.0. The highest BCUT2D eigenvalue weighted by atomic mass is 32.1. The Morgan fingerprint density at radius 3 is 2.89 bits per heavy atom. The molecule has 5 heteroatoms. The summed E-state index contributed by atoms with van der Waals surface area (Å²) in [6.07, 6.45) is 3.02. The highest BCUT2D eigenvalue weighted by molar-refractivity contribution is 7.09. The van der Waals surface area contributed by atoms with Crippen molar-refractivity contribution in [2.75, 3.05) is 19.6 Å². The minimum absolute atomic E-state index is 0.0592. The molecule has 1 aromatic heterocycles. The molecule has 2 fully saturated rings. The lowest BCUT2D eigenvalue weighted by molar-refractivity contribution is -0.137. The van der Waals surface area contributed by atoms with Crippen molar-refractivity contribution in [3.63, 3.8) is 0 Å². The molecule has 2 saturated heterocycles. The first kappa shape index (κ1) is 12.1. The summed E-state index contributed by atoms with van der Waals surface area (Å²) in [7, 11) is 0. The van der Waals surface area contributed by atoms with Crippen LogP contribution >= 0.6 is 11.3 Å². The molecule has 0 aromatic carbocycles. The van der Waals surface area contributed by atoms with E-state index in [1.165, 1.54) is 0 Å². The van der Waals surface area contributed by atoms with Crippen molar-refractivity contribution in [2.24, 2.45) is 5.41 Å². The van der Waals surface area contributed by atoms with E-state index in [2.05, 4.69) is 15.7 Å². The topological polar surface area (TPSA) is 45.2 Å². The number of carbonyl (C=O) groups excluding carboxylic acids is 1. The number of nitrogens with one attached hydrogen (secondary N) is 1. The Bertz CT molecular complexity index is 451. The van der Waals surface area contributed by atoms with Crippen LogP contribution in [0.25, 0.3) is 0 Å². The van der Waals surface area contributed by atoms with Gasteiger partial charge < -0.3 is 10.2 Å². The van der Waals surface area contributed by atoms with Crippen molar-refractivity contribution >= 4 is 17.2 Å². The van der Waals surface area contributed by atoms with Crippen LogP contribution in [0.3, 0.4) is 0 Å². The van der Waals surface area contributed by atoms with Crippen LogP contribution in [0.5, 0.6) is 0 Å². The third kappa shape index (κ3) is 2.06. The van der Waals surface area contributed by atoms with Gasteiger partial charge in [0.05, 0.1) is 22.7 Å². The molecule has 0 saturated carbocycles. The molecule has 18 heavy (non-hydrogen) atoms. The Hall–Kier alpha value is -0.940. The number of thiazole rings is 1. The minimum Gasteiger partial charge on any atom is -0.336 e. The molecule has 1 amide bonds. The van der Waals surface area contributed by atoms with Crippen molar-refractivity contribution in [1.29, 1.82) is 0 Å². The van der Waals surface area contributed by atoms with E-state index in [1.807, 2.05) is 11.8 Å². The van der Waals surface area contributed by atoms with Crippen LogP contribution in [-0.2, 0) is 11.3 Å². The van der Waals surface area contributed by atoms with Gasteiger partial charge in [-0.1, -0.05) is 0 Å². The van der Waals surface area contributed by atoms with Crippen molar-refractivity contribution in [3.8, 4) is 0 Å². The van der Waals surface area contributed by atoms with Gasteiger partial charge in [-0.15, -0.1) is 11.3 Å². The molecule has 0 radical (unpaired) electrons. The van der Waals surface area contributed by atoms with Gasteiger partial charge in [0.15, 0.2) is 0 Å². The zero-order chi connectivity index (χ0) is 12.6. The fourth-order valence-electron chi connectivity index (χ4n) is 3.09. The first-order chi connectivity index (χ1) is 8.70. The molecule has 4 nitrogen and oxygen atoms in total. The smallest absolute Gasteiger partial charge is 0.229 e. The lowest BCUT2D eigenvalue weighted by Gasteiger charge is -2.32. The maximum atomic E-state index is 12.6. The number of carbonyl (C=O) groups is 1. The van der Waals surface area contributed by atoms with Crippen molar-refractivity contribution in [2.45, 2.75) is 32.7 Å². The molecule has 3 heterocycles. The van der Waals surface area contributed by atoms with E-state index in [1.54, 1.807) is 11.3 Å². The molecule has 2 aliphatic rings. The molecule has 1 aromatic rings. The number of aromatic nitrogens is 1. The number of aryl methyl sites for hydroxylation is 1. The molecular weight excluding hydrogens is 246 g/mol. The normalized spacial score (nSPS) is 22.9. The van der Waals surface area contributed by atoms with E-state index in [-0.39, 0.29) is 5.41 Å². The second kappa shape index (κ2) is 4.63. The van der Waals surface area contributed by atoms with Gasteiger partial charge in [0.1, 0.15) is 0 Å². The Morgan fingerprint density at radius 2 is 2.22 bits per heavy atom. The largest absolute Gasteiger partial charge is 0.336 e. The second-order valence-electron chi connectivity index (χ2n) is 5.36. The molecule has 3 rings (SSSR count). The molecule has 1 N–H and O–H groups in total. The standard InChI is InChI=1S/C13H19N3OS/c1-10-15-11(9-18-10)8-16-7-4-13(12(16)17)2-5-14-6-3-13/h9,14H,2-8H2,1H3. The van der Waals surface area contributed by atoms with Gasteiger partial charge in [0, 0.05) is 11.9 Å². The Kier molecular flexibility index (Phi) is 3.11. The van der Waals surface area contributed by atoms with E-state index >= 15 is 0 Å². The van der Waals surface area contributed by atoms with Crippen molar-refractivity contribution in [3.05, 3.63) is 16.1 Å². The highest BCUT2D eigenvalue weighted by Gasteiger charge is 2.46. The summed E-state index contributed by atoms with van der Waals surface area (Å²) in [5.74, 6) is 0.356. The second-order valence-corrected chi connectivity index (χ2v) is 6.43. The van der Waals surface area contributed by atoms with E-state index in [0.717, 1.165) is 49.6 Å². The number of likely N-dealkylation sites (tertiary alicyclic amines) is 1. The third-order valence-electron chi connectivity index (χ3n) is 4.18. The number of hydrogen-bond acceptors (Lipinski definition) is 4. The van der Waals surface area contributed by atoms with Crippen LogP contribution < -0.4 is 5.32 Å². The van der Waals surface area contributed by atoms with Gasteiger partial charge in [0.25, 0.3) is 0 Å². The average molecular weight is 265 g/mol. The van der Waals surface area contributed by atoms with Crippen LogP contribution in [0.15, 0.2) is 5.38 Å². The van der Waals surface area contributed by atoms with E-state index in [4.69, 9.17) is 0 Å². The number of nitrogens with zero attached hydrogens (tertiary/aromatic N) is 2. The summed E-state index contributed by atoms with van der Waals surface area (Å²) < 4.78 is 0. The van der Waals surface area contributed by atoms with E-state index < -0.39 is 0 Å². The predicted molar refractivity (Wildman–Crippen MR) is 71.4 cm³/mol. The number of amides is 1. The zero-order valence-corrected chi connectivity index (χ0v) is 11.6. The molecule has 0 aliphatic carbocycles. The van der Waals surface area contributed by atoms with Crippen LogP contribution in [-0.4, -0.2) is 35.4 Å². The minimum atomic E-state index is -0.0592. The summed E-state index contributed by atoms with van der Waals surface area (Å²) >= 11 is 1.66. The molecule has 98 valence electrons. The quantitative estimate of drug-likeness (QED) is 0.882. The molecule has 2 aliphatic heterocycles. The molecule has 0 atom stereocenters. The molecule has 1 spiro atoms. The number of rotatable bonds is 2. The number of piperidine rings is 1. The monoisotopic (exact) mass is 265 g/mol. The molecule has 0 unspecified atom stereocenters. The molecular formula is C13H19N3OS. The zero-order valence-electron chi connectivity index (χ0n) is 10.7. The summed E-state index contributed by atoms with van der Waals surface area (Å²) in [6, 6.07) is 0. The maximum absolute atomic E-state index is 12.6. The van der Waals surface area contributed by atoms with Gasteiger partial charge in [0.2, 0.25) is 5.91 Å². The Labute approximate surface area is 111 Å². The van der Waals surface area contributed by atoms with E-state index in [0.29, 0.717) is 12.5 Å². The fourth-order valence-corrected chi connectivity index (χ4v) is 3.69. The third-order valence-corrected chi connectivity index (χ3v) is 5.00. The van der Waals surface area contributed by atoms with Gasteiger partial charge in [-0.25, -0.2) is 4.98 Å². The van der Waals surface area contributed by atoms with Crippen LogP contribution in [0.2, 0.25) is 0 Å². The first-order valence-corrected chi connectivity index (χ1v) is 7.49. The maximum Gasteiger partial charge on any atom is 0.229 e. The van der Waals surface area contributed by atoms with Gasteiger partial charge in [-0.2, -0.15) is 0 Å². The summed E-state index contributed by atoms with van der Waals surface area (Å²) in [5, 5.41) is 6.49. The van der Waals surface area contributed by atoms with E-state index in [9.17, 15) is 4.79 Å². The first-order valence-electron chi connectivity index (χ1n) is 6.61. The van der Waals surface area contributed by atoms with Gasteiger partial charge >= 0.3 is 0 Å². The fraction of sp³-hybridized carbons (Fsp3) is 0.692. The van der Waals surface area contributed by atoms with Crippen molar-refractivity contribution < 1.29 is 4.79 Å². The predicted octanol–water partition coefficient (Wildman–Crippen LogP) is 1.55. The summed E-state index contributed by atoms with van der Waals surface area (Å²) in [6.45, 7) is 5.56. The van der Waals surface area contributed by atoms with Gasteiger partial charge in [-0.3, -0.25) is 4.79 Å². The summed E-state index contributed by atoms with van der Waals surface area (Å²) in [5.41, 5.74) is 0.980. The van der Waals surface area contributed by atoms with Crippen LogP contribution in [0.4, 0.5) is 0 Å². The lowest BCUT2D eigenvalue weighted by atomic mass is 9.78. The Balaban J connectivity index is 1.70. The average Bonchev–Trinajstić information content (AvgIpc) is 2.91. The van der Waals surface area contributed by atoms with Crippen LogP contribution in [0.1, 0.15) is 30.0 Å². The van der Waals surface area contributed by atoms with Crippen LogP contribution in [0, 0.1) is 12.3 Å². The highest BCUT2D eigenvalue weighted by Crippen LogP contribution is 2.40.